The normalized spacial score (nSPS) is 32.2. The molecule has 0 aromatic carbocycles. The summed E-state index contributed by atoms with van der Waals surface area (Å²) in [5, 5.41) is 0. The lowest BCUT2D eigenvalue weighted by atomic mass is 9.81. The zero-order valence-corrected chi connectivity index (χ0v) is 9.46. The van der Waals surface area contributed by atoms with Crippen LogP contribution in [-0.2, 0) is 0 Å². The Labute approximate surface area is 82.1 Å². The molecule has 0 heterocycles. The summed E-state index contributed by atoms with van der Waals surface area (Å²) in [6.45, 7) is 6.84. The molecule has 0 spiro atoms. The van der Waals surface area contributed by atoms with Crippen molar-refractivity contribution >= 4 is 0 Å². The lowest BCUT2D eigenvalue weighted by molar-refractivity contribution is 0.158. The molecule has 0 amide bonds. The largest absolute Gasteiger partial charge is 0.306 e. The van der Waals surface area contributed by atoms with Gasteiger partial charge in [-0.15, -0.1) is 5.73 Å². The first-order valence-electron chi connectivity index (χ1n) is 5.03. The molecule has 74 valence electrons. The third kappa shape index (κ3) is 2.46. The summed E-state index contributed by atoms with van der Waals surface area (Å²) in [5.74, 6) is 0.644. The molecule has 1 aliphatic carbocycles. The molecule has 0 bridgehead atoms. The number of rotatable bonds is 1. The minimum atomic E-state index is 0.241. The van der Waals surface area contributed by atoms with Crippen molar-refractivity contribution < 1.29 is 0 Å². The van der Waals surface area contributed by atoms with E-state index in [1.807, 2.05) is 0 Å². The third-order valence-electron chi connectivity index (χ3n) is 2.91. The van der Waals surface area contributed by atoms with Crippen molar-refractivity contribution in [2.45, 2.75) is 33.2 Å². The van der Waals surface area contributed by atoms with Gasteiger partial charge >= 0.3 is 0 Å². The molecule has 1 nitrogen and oxygen atoms in total. The maximum atomic E-state index is 3.30. The Bertz CT molecular complexity index is 232. The highest BCUT2D eigenvalue weighted by Crippen LogP contribution is 2.32. The molecule has 1 rings (SSSR count). The van der Waals surface area contributed by atoms with Crippen LogP contribution in [0.4, 0.5) is 0 Å². The van der Waals surface area contributed by atoms with Gasteiger partial charge in [0.25, 0.3) is 0 Å². The summed E-state index contributed by atoms with van der Waals surface area (Å²) in [7, 11) is 4.33. The quantitative estimate of drug-likeness (QED) is 0.559. The van der Waals surface area contributed by atoms with Crippen molar-refractivity contribution in [3.05, 3.63) is 17.9 Å². The fraction of sp³-hybridized carbons (Fsp3) is 0.750. The number of hydrogen-bond donors (Lipinski definition) is 0. The predicted molar refractivity (Wildman–Crippen MR) is 57.7 cm³/mol. The van der Waals surface area contributed by atoms with Crippen LogP contribution in [0.25, 0.3) is 0 Å². The maximum Gasteiger partial charge on any atom is 0.0187 e. The van der Waals surface area contributed by atoms with E-state index in [4.69, 9.17) is 0 Å². The first-order valence-corrected chi connectivity index (χ1v) is 5.03. The van der Waals surface area contributed by atoms with Crippen LogP contribution in [0.2, 0.25) is 0 Å². The lowest BCUT2D eigenvalue weighted by Crippen LogP contribution is -2.40. The minimum Gasteiger partial charge on any atom is -0.306 e. The summed E-state index contributed by atoms with van der Waals surface area (Å²) in [6, 6.07) is 0.619. The Morgan fingerprint density at radius 1 is 1.38 bits per heavy atom. The minimum absolute atomic E-state index is 0.241. The van der Waals surface area contributed by atoms with Crippen LogP contribution < -0.4 is 0 Å². The monoisotopic (exact) mass is 179 g/mol. The highest BCUT2D eigenvalue weighted by atomic mass is 15.1. The molecule has 2 unspecified atom stereocenters. The van der Waals surface area contributed by atoms with E-state index in [9.17, 15) is 0 Å². The van der Waals surface area contributed by atoms with E-state index in [-0.39, 0.29) is 5.41 Å². The Morgan fingerprint density at radius 2 is 2.00 bits per heavy atom. The van der Waals surface area contributed by atoms with Crippen LogP contribution in [0.5, 0.6) is 0 Å². The van der Waals surface area contributed by atoms with Gasteiger partial charge in [0.15, 0.2) is 0 Å². The van der Waals surface area contributed by atoms with Crippen LogP contribution in [0.1, 0.15) is 27.2 Å². The van der Waals surface area contributed by atoms with E-state index in [0.29, 0.717) is 12.0 Å². The molecule has 0 saturated carbocycles. The van der Waals surface area contributed by atoms with Crippen LogP contribution >= 0.6 is 0 Å². The second-order valence-corrected chi connectivity index (χ2v) is 4.99. The number of nitrogens with zero attached hydrogens (tertiary/aromatic N) is 1. The van der Waals surface area contributed by atoms with Crippen LogP contribution in [0, 0.1) is 11.3 Å². The van der Waals surface area contributed by atoms with E-state index in [0.717, 1.165) is 0 Å². The molecule has 0 aromatic heterocycles. The summed E-state index contributed by atoms with van der Waals surface area (Å²) in [4.78, 5) is 2.33. The molecule has 1 heteroatoms. The SMILES string of the molecule is CC1C=C=CC(C)(C)C(N(C)C)C1. The first kappa shape index (κ1) is 10.6. The van der Waals surface area contributed by atoms with Gasteiger partial charge in [-0.1, -0.05) is 20.8 Å². The number of hydrogen-bond acceptors (Lipinski definition) is 1. The molecule has 13 heavy (non-hydrogen) atoms. The van der Waals surface area contributed by atoms with Gasteiger partial charge in [0, 0.05) is 11.5 Å². The van der Waals surface area contributed by atoms with Crippen molar-refractivity contribution in [1.29, 1.82) is 0 Å². The van der Waals surface area contributed by atoms with Crippen molar-refractivity contribution in [3.63, 3.8) is 0 Å². The van der Waals surface area contributed by atoms with Gasteiger partial charge < -0.3 is 4.90 Å². The van der Waals surface area contributed by atoms with E-state index in [1.54, 1.807) is 0 Å². The molecule has 0 saturated heterocycles. The summed E-state index contributed by atoms with van der Waals surface area (Å²) in [5.41, 5.74) is 3.54. The zero-order chi connectivity index (χ0) is 10.1. The third-order valence-corrected chi connectivity index (χ3v) is 2.91. The highest BCUT2D eigenvalue weighted by molar-refractivity contribution is 5.06. The van der Waals surface area contributed by atoms with Gasteiger partial charge in [-0.2, -0.15) is 0 Å². The van der Waals surface area contributed by atoms with Crippen molar-refractivity contribution in [2.75, 3.05) is 14.1 Å². The van der Waals surface area contributed by atoms with Gasteiger partial charge in [0.1, 0.15) is 0 Å². The molecule has 0 aromatic rings. The maximum absolute atomic E-state index is 3.30. The smallest absolute Gasteiger partial charge is 0.0187 e. The Kier molecular flexibility index (Phi) is 3.00. The average molecular weight is 179 g/mol. The van der Waals surface area contributed by atoms with Crippen LogP contribution in [0.15, 0.2) is 17.9 Å². The second kappa shape index (κ2) is 3.69. The Balaban J connectivity index is 2.89. The predicted octanol–water partition coefficient (Wildman–Crippen LogP) is 2.69. The molecule has 1 aliphatic rings. The zero-order valence-electron chi connectivity index (χ0n) is 9.46. The van der Waals surface area contributed by atoms with Crippen LogP contribution in [-0.4, -0.2) is 25.0 Å². The van der Waals surface area contributed by atoms with Gasteiger partial charge in [0.05, 0.1) is 0 Å². The second-order valence-electron chi connectivity index (χ2n) is 4.99. The fourth-order valence-corrected chi connectivity index (χ4v) is 2.12. The molecular formula is C12H21N. The molecule has 0 aliphatic heterocycles. The van der Waals surface area contributed by atoms with Gasteiger partial charge in [-0.3, -0.25) is 0 Å². The van der Waals surface area contributed by atoms with E-state index < -0.39 is 0 Å². The summed E-state index contributed by atoms with van der Waals surface area (Å²) < 4.78 is 0. The van der Waals surface area contributed by atoms with Crippen molar-refractivity contribution in [1.82, 2.24) is 4.90 Å². The van der Waals surface area contributed by atoms with Crippen LogP contribution in [0.3, 0.4) is 0 Å². The van der Waals surface area contributed by atoms with Gasteiger partial charge in [-0.25, -0.2) is 0 Å². The summed E-state index contributed by atoms with van der Waals surface area (Å²) >= 11 is 0. The molecule has 0 radical (unpaired) electrons. The van der Waals surface area contributed by atoms with E-state index in [2.05, 4.69) is 57.6 Å². The van der Waals surface area contributed by atoms with E-state index in [1.165, 1.54) is 6.42 Å². The fourth-order valence-electron chi connectivity index (χ4n) is 2.12. The van der Waals surface area contributed by atoms with Gasteiger partial charge in [0.2, 0.25) is 0 Å². The molecule has 0 N–H and O–H groups in total. The Hall–Kier alpha value is -0.520. The van der Waals surface area contributed by atoms with Gasteiger partial charge in [-0.05, 0) is 38.6 Å². The van der Waals surface area contributed by atoms with Crippen molar-refractivity contribution in [2.24, 2.45) is 11.3 Å². The van der Waals surface area contributed by atoms with Crippen molar-refractivity contribution in [3.8, 4) is 0 Å². The summed E-state index contributed by atoms with van der Waals surface area (Å²) in [6.07, 6.45) is 5.62. The topological polar surface area (TPSA) is 3.24 Å². The molecular weight excluding hydrogens is 158 g/mol. The average Bonchev–Trinajstić information content (AvgIpc) is 2.10. The van der Waals surface area contributed by atoms with E-state index >= 15 is 0 Å². The molecule has 0 fully saturated rings. The molecule has 2 atom stereocenters. The first-order chi connectivity index (χ1) is 5.93. The standard InChI is InChI=1S/C12H21N/c1-10-7-6-8-12(2,3)11(9-10)13(4)5/h7-8,10-11H,9H2,1-5H3. The Morgan fingerprint density at radius 3 is 2.54 bits per heavy atom. The highest BCUT2D eigenvalue weighted by Gasteiger charge is 2.30. The lowest BCUT2D eigenvalue weighted by Gasteiger charge is -2.36.